The van der Waals surface area contributed by atoms with Gasteiger partial charge in [0, 0.05) is 24.7 Å². The second-order valence-corrected chi connectivity index (χ2v) is 4.83. The van der Waals surface area contributed by atoms with Crippen LogP contribution in [-0.2, 0) is 11.3 Å². The number of pyridine rings is 1. The van der Waals surface area contributed by atoms with Crippen LogP contribution < -0.4 is 0 Å². The summed E-state index contributed by atoms with van der Waals surface area (Å²) in [4.78, 5) is 17.3. The van der Waals surface area contributed by atoms with E-state index in [1.165, 1.54) is 0 Å². The molecule has 1 aromatic heterocycles. The molecule has 0 aliphatic heterocycles. The molecule has 0 saturated heterocycles. The van der Waals surface area contributed by atoms with Gasteiger partial charge in [0.1, 0.15) is 0 Å². The van der Waals surface area contributed by atoms with Crippen LogP contribution >= 0.6 is 0 Å². The zero-order valence-corrected chi connectivity index (χ0v) is 11.4. The van der Waals surface area contributed by atoms with E-state index in [1.807, 2.05) is 25.1 Å². The molecule has 0 fully saturated rings. The van der Waals surface area contributed by atoms with Crippen molar-refractivity contribution < 1.29 is 9.90 Å². The predicted octanol–water partition coefficient (Wildman–Crippen LogP) is 2.47. The van der Waals surface area contributed by atoms with Crippen LogP contribution in [0.25, 0.3) is 0 Å². The van der Waals surface area contributed by atoms with E-state index in [2.05, 4.69) is 23.7 Å². The van der Waals surface area contributed by atoms with E-state index in [-0.39, 0.29) is 6.42 Å². The van der Waals surface area contributed by atoms with Crippen LogP contribution in [0.2, 0.25) is 0 Å². The average Bonchev–Trinajstić information content (AvgIpc) is 2.27. The van der Waals surface area contributed by atoms with Crippen molar-refractivity contribution in [1.82, 2.24) is 9.88 Å². The lowest BCUT2D eigenvalue weighted by atomic mass is 10.2. The molecular formula is C14H22N2O2. The molecule has 100 valence electrons. The molecule has 4 heteroatoms. The molecule has 0 amide bonds. The third kappa shape index (κ3) is 5.27. The molecule has 0 aliphatic carbocycles. The van der Waals surface area contributed by atoms with E-state index >= 15 is 0 Å². The third-order valence-electron chi connectivity index (χ3n) is 2.88. The van der Waals surface area contributed by atoms with Gasteiger partial charge in [0.25, 0.3) is 0 Å². The SMILES string of the molecule is Cc1cccc(CN(CCCC(=O)O)C(C)C)n1. The minimum Gasteiger partial charge on any atom is -0.481 e. The van der Waals surface area contributed by atoms with Crippen LogP contribution in [0.4, 0.5) is 0 Å². The van der Waals surface area contributed by atoms with Crippen molar-refractivity contribution in [2.24, 2.45) is 0 Å². The number of hydrogen-bond acceptors (Lipinski definition) is 3. The van der Waals surface area contributed by atoms with Gasteiger partial charge in [-0.2, -0.15) is 0 Å². The summed E-state index contributed by atoms with van der Waals surface area (Å²) in [6.07, 6.45) is 0.907. The fraction of sp³-hybridized carbons (Fsp3) is 0.571. The van der Waals surface area contributed by atoms with Crippen LogP contribution in [0.1, 0.15) is 38.1 Å². The Balaban J connectivity index is 2.54. The molecule has 0 atom stereocenters. The van der Waals surface area contributed by atoms with Crippen LogP contribution in [0.3, 0.4) is 0 Å². The van der Waals surface area contributed by atoms with E-state index in [0.717, 1.165) is 24.5 Å². The highest BCUT2D eigenvalue weighted by molar-refractivity contribution is 5.66. The first kappa shape index (κ1) is 14.6. The Morgan fingerprint density at radius 2 is 2.17 bits per heavy atom. The highest BCUT2D eigenvalue weighted by Gasteiger charge is 2.11. The van der Waals surface area contributed by atoms with Gasteiger partial charge in [0.15, 0.2) is 0 Å². The highest BCUT2D eigenvalue weighted by Crippen LogP contribution is 2.08. The molecule has 1 heterocycles. The first-order valence-electron chi connectivity index (χ1n) is 6.37. The second-order valence-electron chi connectivity index (χ2n) is 4.83. The number of hydrogen-bond donors (Lipinski definition) is 1. The molecule has 0 saturated carbocycles. The minimum absolute atomic E-state index is 0.227. The maximum Gasteiger partial charge on any atom is 0.303 e. The van der Waals surface area contributed by atoms with Gasteiger partial charge in [-0.05, 0) is 45.9 Å². The molecule has 1 aromatic rings. The monoisotopic (exact) mass is 250 g/mol. The number of carboxylic acids is 1. The Kier molecular flexibility index (Phi) is 5.78. The number of aliphatic carboxylic acids is 1. The van der Waals surface area contributed by atoms with Gasteiger partial charge < -0.3 is 5.11 Å². The van der Waals surface area contributed by atoms with E-state index in [1.54, 1.807) is 0 Å². The van der Waals surface area contributed by atoms with E-state index < -0.39 is 5.97 Å². The predicted molar refractivity (Wildman–Crippen MR) is 71.4 cm³/mol. The van der Waals surface area contributed by atoms with Gasteiger partial charge in [-0.15, -0.1) is 0 Å². The fourth-order valence-electron chi connectivity index (χ4n) is 1.85. The molecule has 1 rings (SSSR count). The van der Waals surface area contributed by atoms with Crippen molar-refractivity contribution in [3.05, 3.63) is 29.6 Å². The Morgan fingerprint density at radius 1 is 1.44 bits per heavy atom. The second kappa shape index (κ2) is 7.11. The zero-order valence-electron chi connectivity index (χ0n) is 11.4. The van der Waals surface area contributed by atoms with Crippen molar-refractivity contribution in [2.45, 2.75) is 46.2 Å². The maximum atomic E-state index is 10.5. The van der Waals surface area contributed by atoms with E-state index in [9.17, 15) is 4.79 Å². The molecule has 0 aromatic carbocycles. The number of aromatic nitrogens is 1. The van der Waals surface area contributed by atoms with Crippen LogP contribution in [0.15, 0.2) is 18.2 Å². The standard InChI is InChI=1S/C14H22N2O2/c1-11(2)16(9-5-8-14(17)18)10-13-7-4-6-12(3)15-13/h4,6-7,11H,5,8-10H2,1-3H3,(H,17,18). The fourth-order valence-corrected chi connectivity index (χ4v) is 1.85. The Hall–Kier alpha value is -1.42. The largest absolute Gasteiger partial charge is 0.481 e. The molecule has 0 unspecified atom stereocenters. The summed E-state index contributed by atoms with van der Waals surface area (Å²) < 4.78 is 0. The van der Waals surface area contributed by atoms with Crippen molar-refractivity contribution in [2.75, 3.05) is 6.54 Å². The lowest BCUT2D eigenvalue weighted by Gasteiger charge is -2.25. The van der Waals surface area contributed by atoms with Crippen molar-refractivity contribution in [1.29, 1.82) is 0 Å². The molecule has 0 bridgehead atoms. The van der Waals surface area contributed by atoms with Crippen molar-refractivity contribution >= 4 is 5.97 Å². The van der Waals surface area contributed by atoms with E-state index in [4.69, 9.17) is 5.11 Å². The zero-order chi connectivity index (χ0) is 13.5. The van der Waals surface area contributed by atoms with Gasteiger partial charge in [0.05, 0.1) is 5.69 Å². The van der Waals surface area contributed by atoms with Gasteiger partial charge in [-0.3, -0.25) is 14.7 Å². The molecule has 1 N–H and O–H groups in total. The topological polar surface area (TPSA) is 53.4 Å². The quantitative estimate of drug-likeness (QED) is 0.807. The van der Waals surface area contributed by atoms with Gasteiger partial charge >= 0.3 is 5.97 Å². The number of nitrogens with zero attached hydrogens (tertiary/aromatic N) is 2. The smallest absolute Gasteiger partial charge is 0.303 e. The summed E-state index contributed by atoms with van der Waals surface area (Å²) >= 11 is 0. The van der Waals surface area contributed by atoms with Crippen molar-refractivity contribution in [3.63, 3.8) is 0 Å². The maximum absolute atomic E-state index is 10.5. The van der Waals surface area contributed by atoms with E-state index in [0.29, 0.717) is 12.5 Å². The Bertz CT molecular complexity index is 391. The molecule has 0 radical (unpaired) electrons. The molecular weight excluding hydrogens is 228 g/mol. The van der Waals surface area contributed by atoms with Gasteiger partial charge in [0.2, 0.25) is 0 Å². The van der Waals surface area contributed by atoms with Gasteiger partial charge in [-0.25, -0.2) is 0 Å². The Labute approximate surface area is 109 Å². The summed E-state index contributed by atoms with van der Waals surface area (Å²) in [5.41, 5.74) is 2.06. The highest BCUT2D eigenvalue weighted by atomic mass is 16.4. The lowest BCUT2D eigenvalue weighted by Crippen LogP contribution is -2.32. The first-order chi connectivity index (χ1) is 8.49. The summed E-state index contributed by atoms with van der Waals surface area (Å²) in [5, 5.41) is 8.66. The average molecular weight is 250 g/mol. The van der Waals surface area contributed by atoms with Crippen LogP contribution in [0, 0.1) is 6.92 Å². The lowest BCUT2D eigenvalue weighted by molar-refractivity contribution is -0.137. The normalized spacial score (nSPS) is 11.2. The summed E-state index contributed by atoms with van der Waals surface area (Å²) in [6, 6.07) is 6.39. The summed E-state index contributed by atoms with van der Waals surface area (Å²) in [7, 11) is 0. The number of aryl methyl sites for hydroxylation is 1. The van der Waals surface area contributed by atoms with Crippen LogP contribution in [0.5, 0.6) is 0 Å². The van der Waals surface area contributed by atoms with Gasteiger partial charge in [-0.1, -0.05) is 6.07 Å². The number of carboxylic acid groups (broad SMARTS) is 1. The Morgan fingerprint density at radius 3 is 2.72 bits per heavy atom. The van der Waals surface area contributed by atoms with Crippen LogP contribution in [-0.4, -0.2) is 33.5 Å². The molecule has 0 aliphatic rings. The first-order valence-corrected chi connectivity index (χ1v) is 6.37. The number of carbonyl (C=O) groups is 1. The third-order valence-corrected chi connectivity index (χ3v) is 2.88. The number of rotatable bonds is 7. The minimum atomic E-state index is -0.729. The molecule has 0 spiro atoms. The van der Waals surface area contributed by atoms with Crippen molar-refractivity contribution in [3.8, 4) is 0 Å². The molecule has 4 nitrogen and oxygen atoms in total. The summed E-state index contributed by atoms with van der Waals surface area (Å²) in [6.45, 7) is 7.79. The summed E-state index contributed by atoms with van der Waals surface area (Å²) in [5.74, 6) is -0.729. The molecule has 18 heavy (non-hydrogen) atoms.